The van der Waals surface area contributed by atoms with Crippen LogP contribution in [-0.4, -0.2) is 0 Å². The Morgan fingerprint density at radius 3 is 2.72 bits per heavy atom. The van der Waals surface area contributed by atoms with Crippen molar-refractivity contribution in [2.45, 2.75) is 19.3 Å². The van der Waals surface area contributed by atoms with Gasteiger partial charge in [-0.2, -0.15) is 0 Å². The quantitative estimate of drug-likeness (QED) is 0.519. The second-order valence-electron chi connectivity index (χ2n) is 5.48. The smallest absolute Gasteiger partial charge is 0.0610 e. The van der Waals surface area contributed by atoms with Gasteiger partial charge in [0.05, 0.1) is 11.8 Å². The van der Waals surface area contributed by atoms with E-state index in [1.165, 1.54) is 45.2 Å². The van der Waals surface area contributed by atoms with Gasteiger partial charge in [0.2, 0.25) is 0 Å². The Morgan fingerprint density at radius 1 is 0.889 bits per heavy atom. The maximum Gasteiger partial charge on any atom is 0.116 e. The zero-order valence-corrected chi connectivity index (χ0v) is 10.2. The average molecular weight is 229 g/mol. The molecule has 0 bridgehead atoms. The summed E-state index contributed by atoms with van der Waals surface area (Å²) in [6.45, 7) is 0. The predicted octanol–water partition coefficient (Wildman–Crippen LogP) is 3.35. The normalized spacial score (nSPS) is 16.0. The van der Waals surface area contributed by atoms with Gasteiger partial charge in [-0.1, -0.05) is 30.3 Å². The molecule has 3 aromatic carbocycles. The molecule has 18 heavy (non-hydrogen) atoms. The third kappa shape index (κ3) is 0.883. The van der Waals surface area contributed by atoms with Crippen molar-refractivity contribution in [3.8, 4) is 0 Å². The molecule has 0 aliphatic heterocycles. The van der Waals surface area contributed by atoms with Crippen LogP contribution in [0.2, 0.25) is 0 Å². The Morgan fingerprint density at radius 2 is 1.83 bits per heavy atom. The molecule has 2 aliphatic rings. The molecular weight excluding hydrogens is 216 g/mol. The molecule has 0 nitrogen and oxygen atoms in total. The summed E-state index contributed by atoms with van der Waals surface area (Å²) >= 11 is 0. The minimum atomic E-state index is 1.09. The molecule has 0 atom stereocenters. The summed E-state index contributed by atoms with van der Waals surface area (Å²) in [5, 5.41) is 7.46. The van der Waals surface area contributed by atoms with Crippen LogP contribution in [0.15, 0.2) is 30.3 Å². The van der Waals surface area contributed by atoms with E-state index in [-0.39, 0.29) is 0 Å². The second kappa shape index (κ2) is 2.89. The largest absolute Gasteiger partial charge is 0.116 e. The fraction of sp³-hybridized carbons (Fsp3) is 0.167. The van der Waals surface area contributed by atoms with Crippen LogP contribution >= 0.6 is 0 Å². The summed E-state index contributed by atoms with van der Waals surface area (Å²) in [5.41, 5.74) is 4.72. The van der Waals surface area contributed by atoms with Crippen molar-refractivity contribution < 1.29 is 0 Å². The highest BCUT2D eigenvalue weighted by atomic mass is 14.3. The van der Waals surface area contributed by atoms with Gasteiger partial charge in [-0.05, 0) is 29.2 Å². The van der Waals surface area contributed by atoms with E-state index in [2.05, 4.69) is 42.8 Å². The Kier molecular flexibility index (Phi) is 1.45. The molecule has 5 rings (SSSR count). The lowest BCUT2D eigenvalue weighted by Crippen LogP contribution is -2.25. The highest BCUT2D eigenvalue weighted by Gasteiger charge is 2.28. The second-order valence-corrected chi connectivity index (χ2v) is 5.48. The first-order valence-corrected chi connectivity index (χ1v) is 6.75. The van der Waals surface area contributed by atoms with E-state index in [1.807, 2.05) is 0 Å². The molecule has 0 amide bonds. The van der Waals surface area contributed by atoms with E-state index in [9.17, 15) is 0 Å². The lowest BCUT2D eigenvalue weighted by Gasteiger charge is -2.22. The number of rotatable bonds is 0. The number of aryl methyl sites for hydroxylation is 1. The van der Waals surface area contributed by atoms with Gasteiger partial charge in [0, 0.05) is 22.9 Å². The van der Waals surface area contributed by atoms with E-state index >= 15 is 0 Å². The Labute approximate surface area is 106 Å². The monoisotopic (exact) mass is 229 g/mol. The van der Waals surface area contributed by atoms with Crippen LogP contribution in [-0.2, 0) is 19.3 Å². The lowest BCUT2D eigenvalue weighted by molar-refractivity contribution is 0.843. The minimum Gasteiger partial charge on any atom is -0.0610 e. The van der Waals surface area contributed by atoms with E-state index in [0.717, 1.165) is 6.42 Å². The van der Waals surface area contributed by atoms with Crippen LogP contribution in [0.25, 0.3) is 27.6 Å². The van der Waals surface area contributed by atoms with Crippen LogP contribution in [0.1, 0.15) is 16.7 Å². The SMILES string of the molecule is C1=c2c3c(c4cccc5ccc(c2c54)C[CH+]1)CC3. The molecule has 0 aromatic heterocycles. The van der Waals surface area contributed by atoms with Crippen LogP contribution in [0.5, 0.6) is 0 Å². The molecule has 84 valence electrons. The van der Waals surface area contributed by atoms with Crippen LogP contribution in [0.4, 0.5) is 0 Å². The molecule has 3 aromatic rings. The van der Waals surface area contributed by atoms with Gasteiger partial charge in [0.1, 0.15) is 11.3 Å². The zero-order chi connectivity index (χ0) is 11.7. The summed E-state index contributed by atoms with van der Waals surface area (Å²) < 4.78 is 0. The maximum atomic E-state index is 2.35. The Hall–Kier alpha value is -1.95. The average Bonchev–Trinajstić information content (AvgIpc) is 2.37. The Balaban J connectivity index is 2.24. The number of hydrogen-bond acceptors (Lipinski definition) is 0. The van der Waals surface area contributed by atoms with Gasteiger partial charge in [-0.15, -0.1) is 0 Å². The number of hydrogen-bond donors (Lipinski definition) is 0. The molecule has 0 unspecified atom stereocenters. The Bertz CT molecular complexity index is 868. The maximum absolute atomic E-state index is 2.35. The van der Waals surface area contributed by atoms with Crippen LogP contribution < -0.4 is 5.22 Å². The van der Waals surface area contributed by atoms with Crippen molar-refractivity contribution in [1.82, 2.24) is 0 Å². The molecule has 2 aliphatic carbocycles. The molecule has 0 fully saturated rings. The first-order chi connectivity index (χ1) is 8.93. The summed E-state index contributed by atoms with van der Waals surface area (Å²) in [4.78, 5) is 0. The van der Waals surface area contributed by atoms with E-state index in [4.69, 9.17) is 0 Å². The molecule has 0 heterocycles. The van der Waals surface area contributed by atoms with Crippen molar-refractivity contribution in [3.63, 3.8) is 0 Å². The van der Waals surface area contributed by atoms with Gasteiger partial charge in [0.15, 0.2) is 0 Å². The van der Waals surface area contributed by atoms with E-state index in [0.29, 0.717) is 0 Å². The van der Waals surface area contributed by atoms with Crippen molar-refractivity contribution >= 4 is 27.6 Å². The number of fused-ring (bicyclic) bond motifs is 3. The summed E-state index contributed by atoms with van der Waals surface area (Å²) in [6, 6.07) is 11.4. The summed E-state index contributed by atoms with van der Waals surface area (Å²) in [6.07, 6.45) is 8.28. The molecule has 0 radical (unpaired) electrons. The van der Waals surface area contributed by atoms with E-state index < -0.39 is 0 Å². The number of benzene rings is 3. The highest BCUT2D eigenvalue weighted by molar-refractivity contribution is 6.14. The van der Waals surface area contributed by atoms with Crippen LogP contribution in [0.3, 0.4) is 0 Å². The third-order valence-electron chi connectivity index (χ3n) is 4.66. The van der Waals surface area contributed by atoms with Crippen molar-refractivity contribution in [2.75, 3.05) is 0 Å². The topological polar surface area (TPSA) is 0 Å². The van der Waals surface area contributed by atoms with Crippen molar-refractivity contribution in [1.29, 1.82) is 0 Å². The molecule has 0 spiro atoms. The lowest BCUT2D eigenvalue weighted by atomic mass is 9.77. The molecular formula is C18H13+. The highest BCUT2D eigenvalue weighted by Crippen LogP contribution is 2.36. The predicted molar refractivity (Wildman–Crippen MR) is 76.5 cm³/mol. The van der Waals surface area contributed by atoms with Crippen LogP contribution in [0, 0.1) is 6.42 Å². The summed E-state index contributed by atoms with van der Waals surface area (Å²) in [5.74, 6) is 0. The standard InChI is InChI=1S/C18H13/c1-3-11-7-8-12-4-2-6-16-14-10-9-13(14)15(5-1)17(11)18(12)16/h1-3,5-8H,4,9-10H2/q+1. The first-order valence-electron chi connectivity index (χ1n) is 6.75. The van der Waals surface area contributed by atoms with Gasteiger partial charge >= 0.3 is 0 Å². The minimum absolute atomic E-state index is 1.09. The van der Waals surface area contributed by atoms with Crippen molar-refractivity contribution in [2.24, 2.45) is 0 Å². The first kappa shape index (κ1) is 9.04. The zero-order valence-electron chi connectivity index (χ0n) is 10.2. The van der Waals surface area contributed by atoms with Gasteiger partial charge < -0.3 is 0 Å². The third-order valence-corrected chi connectivity index (χ3v) is 4.66. The van der Waals surface area contributed by atoms with Crippen molar-refractivity contribution in [3.05, 3.63) is 58.7 Å². The fourth-order valence-electron chi connectivity index (χ4n) is 3.76. The molecule has 0 saturated carbocycles. The van der Waals surface area contributed by atoms with Gasteiger partial charge in [-0.25, -0.2) is 0 Å². The van der Waals surface area contributed by atoms with E-state index in [1.54, 1.807) is 11.1 Å². The molecule has 0 N–H and O–H groups in total. The van der Waals surface area contributed by atoms with Gasteiger partial charge in [0.25, 0.3) is 0 Å². The fourth-order valence-corrected chi connectivity index (χ4v) is 3.76. The summed E-state index contributed by atoms with van der Waals surface area (Å²) in [7, 11) is 0. The molecule has 0 heteroatoms. The molecule has 0 saturated heterocycles. The van der Waals surface area contributed by atoms with Gasteiger partial charge in [-0.3, -0.25) is 0 Å².